The van der Waals surface area contributed by atoms with E-state index in [0.717, 1.165) is 37.4 Å². The van der Waals surface area contributed by atoms with Gasteiger partial charge in [-0.2, -0.15) is 0 Å². The Hall–Kier alpha value is -3.31. The van der Waals surface area contributed by atoms with Crippen molar-refractivity contribution in [3.8, 4) is 11.5 Å². The molecule has 164 valence electrons. The predicted octanol–water partition coefficient (Wildman–Crippen LogP) is 4.04. The number of amides is 1. The van der Waals surface area contributed by atoms with Gasteiger partial charge < -0.3 is 14.4 Å². The van der Waals surface area contributed by atoms with E-state index in [-0.39, 0.29) is 12.5 Å². The molecule has 1 amide bonds. The van der Waals surface area contributed by atoms with Crippen molar-refractivity contribution in [2.24, 2.45) is 0 Å². The van der Waals surface area contributed by atoms with Crippen LogP contribution in [-0.4, -0.2) is 42.0 Å². The molecule has 32 heavy (non-hydrogen) atoms. The van der Waals surface area contributed by atoms with Crippen LogP contribution >= 0.6 is 0 Å². The maximum atomic E-state index is 12.8. The molecule has 0 bridgehead atoms. The van der Waals surface area contributed by atoms with Crippen LogP contribution in [0.1, 0.15) is 22.3 Å². The topological polar surface area (TPSA) is 42.0 Å². The van der Waals surface area contributed by atoms with Gasteiger partial charge in [-0.25, -0.2) is 0 Å². The van der Waals surface area contributed by atoms with Gasteiger partial charge in [-0.3, -0.25) is 9.69 Å². The lowest BCUT2D eigenvalue weighted by Crippen LogP contribution is -2.36. The lowest BCUT2D eigenvalue weighted by Gasteiger charge is -2.29. The van der Waals surface area contributed by atoms with Crippen LogP contribution in [0, 0.1) is 0 Å². The van der Waals surface area contributed by atoms with Gasteiger partial charge in [-0.05, 0) is 47.4 Å². The van der Waals surface area contributed by atoms with Gasteiger partial charge >= 0.3 is 0 Å². The van der Waals surface area contributed by atoms with Crippen LogP contribution in [0.5, 0.6) is 11.5 Å². The van der Waals surface area contributed by atoms with Crippen LogP contribution in [0.2, 0.25) is 0 Å². The molecule has 0 atom stereocenters. The third-order valence-electron chi connectivity index (χ3n) is 6.18. The number of rotatable bonds is 5. The smallest absolute Gasteiger partial charge is 0.260 e. The summed E-state index contributed by atoms with van der Waals surface area (Å²) in [4.78, 5) is 17.1. The zero-order valence-corrected chi connectivity index (χ0v) is 18.2. The molecule has 3 aromatic rings. The van der Waals surface area contributed by atoms with Crippen LogP contribution in [0.3, 0.4) is 0 Å². The SMILES string of the molecule is O=C(COc1ccccc1)N1CCOc2ccc(CN3CCc4ccccc4C3)cc2C1. The molecular weight excluding hydrogens is 400 g/mol. The maximum Gasteiger partial charge on any atom is 0.260 e. The molecule has 5 nitrogen and oxygen atoms in total. The quantitative estimate of drug-likeness (QED) is 0.615. The fraction of sp³-hybridized carbons (Fsp3) is 0.296. The van der Waals surface area contributed by atoms with Crippen molar-refractivity contribution in [2.45, 2.75) is 26.1 Å². The van der Waals surface area contributed by atoms with E-state index in [1.54, 1.807) is 0 Å². The van der Waals surface area contributed by atoms with E-state index in [9.17, 15) is 4.79 Å². The predicted molar refractivity (Wildman–Crippen MR) is 124 cm³/mol. The van der Waals surface area contributed by atoms with Gasteiger partial charge in [0.05, 0.1) is 6.54 Å². The normalized spacial score (nSPS) is 15.8. The summed E-state index contributed by atoms with van der Waals surface area (Å²) < 4.78 is 11.6. The van der Waals surface area contributed by atoms with Gasteiger partial charge in [-0.15, -0.1) is 0 Å². The van der Waals surface area contributed by atoms with Gasteiger partial charge in [0.25, 0.3) is 5.91 Å². The van der Waals surface area contributed by atoms with Crippen molar-refractivity contribution in [1.82, 2.24) is 9.80 Å². The molecule has 0 saturated carbocycles. The highest BCUT2D eigenvalue weighted by atomic mass is 16.5. The molecule has 2 heterocycles. The first-order valence-corrected chi connectivity index (χ1v) is 11.2. The molecule has 0 spiro atoms. The largest absolute Gasteiger partial charge is 0.491 e. The number of para-hydroxylation sites is 1. The van der Waals surface area contributed by atoms with Crippen molar-refractivity contribution in [1.29, 1.82) is 0 Å². The minimum absolute atomic E-state index is 0.0247. The molecule has 0 unspecified atom stereocenters. The van der Waals surface area contributed by atoms with Gasteiger partial charge in [0.15, 0.2) is 6.61 Å². The second-order valence-corrected chi connectivity index (χ2v) is 8.44. The highest BCUT2D eigenvalue weighted by molar-refractivity contribution is 5.78. The van der Waals surface area contributed by atoms with E-state index < -0.39 is 0 Å². The fourth-order valence-corrected chi connectivity index (χ4v) is 4.46. The van der Waals surface area contributed by atoms with Crippen LogP contribution in [-0.2, 0) is 30.8 Å². The Balaban J connectivity index is 1.24. The van der Waals surface area contributed by atoms with E-state index in [2.05, 4.69) is 47.4 Å². The van der Waals surface area contributed by atoms with Crippen molar-refractivity contribution in [3.05, 3.63) is 95.1 Å². The Morgan fingerprint density at radius 2 is 1.69 bits per heavy atom. The molecule has 5 rings (SSSR count). The summed E-state index contributed by atoms with van der Waals surface area (Å²) in [6, 6.07) is 24.6. The monoisotopic (exact) mass is 428 g/mol. The molecule has 2 aliphatic heterocycles. The van der Waals surface area contributed by atoms with Gasteiger partial charge in [0.1, 0.15) is 18.1 Å². The zero-order valence-electron chi connectivity index (χ0n) is 18.2. The molecule has 2 aliphatic rings. The molecular formula is C27H28N2O3. The molecule has 0 N–H and O–H groups in total. The average molecular weight is 429 g/mol. The zero-order chi connectivity index (χ0) is 21.8. The third kappa shape index (κ3) is 4.78. The summed E-state index contributed by atoms with van der Waals surface area (Å²) in [5.41, 5.74) is 5.20. The minimum atomic E-state index is -0.0247. The number of benzene rings is 3. The lowest BCUT2D eigenvalue weighted by atomic mass is 9.99. The first-order valence-electron chi connectivity index (χ1n) is 11.2. The van der Waals surface area contributed by atoms with E-state index in [1.165, 1.54) is 16.7 Å². The molecule has 3 aromatic carbocycles. The van der Waals surface area contributed by atoms with Crippen molar-refractivity contribution in [3.63, 3.8) is 0 Å². The van der Waals surface area contributed by atoms with Crippen LogP contribution in [0.15, 0.2) is 72.8 Å². The molecule has 5 heteroatoms. The first-order chi connectivity index (χ1) is 15.7. The van der Waals surface area contributed by atoms with E-state index in [4.69, 9.17) is 9.47 Å². The summed E-state index contributed by atoms with van der Waals surface area (Å²) in [7, 11) is 0. The van der Waals surface area contributed by atoms with Crippen LogP contribution in [0.4, 0.5) is 0 Å². The molecule has 0 radical (unpaired) electrons. The number of carbonyl (C=O) groups is 1. The Morgan fingerprint density at radius 1 is 0.875 bits per heavy atom. The summed E-state index contributed by atoms with van der Waals surface area (Å²) in [6.07, 6.45) is 1.09. The fourth-order valence-electron chi connectivity index (χ4n) is 4.46. The molecule has 0 fully saturated rings. The van der Waals surface area contributed by atoms with Crippen LogP contribution in [0.25, 0.3) is 0 Å². The number of fused-ring (bicyclic) bond motifs is 2. The van der Waals surface area contributed by atoms with Crippen molar-refractivity contribution in [2.75, 3.05) is 26.3 Å². The number of hydrogen-bond acceptors (Lipinski definition) is 4. The molecule has 0 aliphatic carbocycles. The number of ether oxygens (including phenoxy) is 2. The Kier molecular flexibility index (Phi) is 6.08. The van der Waals surface area contributed by atoms with Crippen molar-refractivity contribution < 1.29 is 14.3 Å². The van der Waals surface area contributed by atoms with Gasteiger partial charge in [-0.1, -0.05) is 48.5 Å². The first kappa shape index (κ1) is 20.6. The average Bonchev–Trinajstić information content (AvgIpc) is 3.05. The van der Waals surface area contributed by atoms with E-state index >= 15 is 0 Å². The van der Waals surface area contributed by atoms with E-state index in [1.807, 2.05) is 35.2 Å². The number of nitrogens with zero attached hydrogens (tertiary/aromatic N) is 2. The lowest BCUT2D eigenvalue weighted by molar-refractivity contribution is -0.134. The number of hydrogen-bond donors (Lipinski definition) is 0. The summed E-state index contributed by atoms with van der Waals surface area (Å²) in [6.45, 7) is 4.56. The summed E-state index contributed by atoms with van der Waals surface area (Å²) >= 11 is 0. The highest BCUT2D eigenvalue weighted by Gasteiger charge is 2.22. The Morgan fingerprint density at radius 3 is 2.56 bits per heavy atom. The van der Waals surface area contributed by atoms with E-state index in [0.29, 0.717) is 25.4 Å². The van der Waals surface area contributed by atoms with Crippen LogP contribution < -0.4 is 9.47 Å². The second kappa shape index (κ2) is 9.45. The second-order valence-electron chi connectivity index (χ2n) is 8.44. The third-order valence-corrected chi connectivity index (χ3v) is 6.18. The summed E-state index contributed by atoms with van der Waals surface area (Å²) in [5.74, 6) is 1.55. The van der Waals surface area contributed by atoms with Gasteiger partial charge in [0, 0.05) is 31.7 Å². The standard InChI is InChI=1S/C27H28N2O3/c30-27(20-32-25-8-2-1-3-9-25)29-14-15-31-26-11-10-21(16-24(26)19-29)17-28-13-12-22-6-4-5-7-23(22)18-28/h1-11,16H,12-15,17-20H2. The Bertz CT molecular complexity index is 1080. The van der Waals surface area contributed by atoms with Crippen molar-refractivity contribution >= 4 is 5.91 Å². The molecule has 0 saturated heterocycles. The minimum Gasteiger partial charge on any atom is -0.491 e. The summed E-state index contributed by atoms with van der Waals surface area (Å²) in [5, 5.41) is 0. The van der Waals surface area contributed by atoms with Gasteiger partial charge in [0.2, 0.25) is 0 Å². The highest BCUT2D eigenvalue weighted by Crippen LogP contribution is 2.26. The number of carbonyl (C=O) groups excluding carboxylic acids is 1. The maximum absolute atomic E-state index is 12.8. The Labute approximate surface area is 189 Å². The molecule has 0 aromatic heterocycles.